The molecular weight excluding hydrogens is 304 g/mol. The Labute approximate surface area is 142 Å². The molecule has 0 aliphatic carbocycles. The van der Waals surface area contributed by atoms with Crippen LogP contribution in [0.4, 0.5) is 0 Å². The largest absolute Gasteiger partial charge is 0.489 e. The van der Waals surface area contributed by atoms with Crippen LogP contribution in [-0.4, -0.2) is 22.8 Å². The zero-order valence-electron chi connectivity index (χ0n) is 13.7. The molecule has 0 aromatic heterocycles. The first-order valence-electron chi connectivity index (χ1n) is 8.31. The molecule has 0 aliphatic rings. The van der Waals surface area contributed by atoms with Crippen molar-refractivity contribution in [1.29, 1.82) is 0 Å². The molecule has 0 bridgehead atoms. The maximum absolute atomic E-state index is 11.7. The van der Waals surface area contributed by atoms with Crippen molar-refractivity contribution >= 4 is 5.97 Å². The van der Waals surface area contributed by atoms with Gasteiger partial charge in [0.2, 0.25) is 0 Å². The van der Waals surface area contributed by atoms with Crippen LogP contribution in [0.2, 0.25) is 0 Å². The molecule has 128 valence electrons. The van der Waals surface area contributed by atoms with Crippen molar-refractivity contribution in [3.05, 3.63) is 65.7 Å². The van der Waals surface area contributed by atoms with Crippen LogP contribution in [0.15, 0.2) is 54.6 Å². The number of aliphatic carboxylic acids is 1. The Bertz CT molecular complexity index is 625. The number of carboxylic acid groups (broad SMARTS) is 1. The monoisotopic (exact) mass is 328 g/mol. The molecule has 0 fully saturated rings. The van der Waals surface area contributed by atoms with E-state index in [1.807, 2.05) is 54.6 Å². The lowest BCUT2D eigenvalue weighted by atomic mass is 9.92. The van der Waals surface area contributed by atoms with Gasteiger partial charge in [0.05, 0.1) is 5.92 Å². The molecule has 4 nitrogen and oxygen atoms in total. The van der Waals surface area contributed by atoms with Crippen LogP contribution < -0.4 is 4.74 Å². The fourth-order valence-electron chi connectivity index (χ4n) is 2.68. The molecule has 2 aromatic rings. The number of aliphatic hydroxyl groups excluding tert-OH is 1. The van der Waals surface area contributed by atoms with Crippen LogP contribution >= 0.6 is 0 Å². The van der Waals surface area contributed by atoms with Crippen LogP contribution in [0.3, 0.4) is 0 Å². The first-order valence-corrected chi connectivity index (χ1v) is 8.31. The van der Waals surface area contributed by atoms with Gasteiger partial charge in [0.25, 0.3) is 0 Å². The third-order valence-corrected chi connectivity index (χ3v) is 3.98. The van der Waals surface area contributed by atoms with Gasteiger partial charge in [-0.2, -0.15) is 0 Å². The van der Waals surface area contributed by atoms with E-state index in [4.69, 9.17) is 9.84 Å². The Morgan fingerprint density at radius 2 is 1.67 bits per heavy atom. The Kier molecular flexibility index (Phi) is 7.30. The Morgan fingerprint density at radius 3 is 2.38 bits per heavy atom. The van der Waals surface area contributed by atoms with E-state index in [1.165, 1.54) is 0 Å². The number of hydrogen-bond donors (Lipinski definition) is 2. The summed E-state index contributed by atoms with van der Waals surface area (Å²) in [6.07, 6.45) is 2.84. The van der Waals surface area contributed by atoms with Crippen molar-refractivity contribution < 1.29 is 19.7 Å². The molecule has 1 atom stereocenters. The van der Waals surface area contributed by atoms with Crippen molar-refractivity contribution in [3.8, 4) is 5.75 Å². The smallest absolute Gasteiger partial charge is 0.311 e. The van der Waals surface area contributed by atoms with Crippen LogP contribution in [0.25, 0.3) is 0 Å². The van der Waals surface area contributed by atoms with Gasteiger partial charge >= 0.3 is 5.97 Å². The number of unbranched alkanes of at least 4 members (excludes halogenated alkanes) is 2. The van der Waals surface area contributed by atoms with Crippen molar-refractivity contribution in [3.63, 3.8) is 0 Å². The molecule has 2 N–H and O–H groups in total. The number of carboxylic acids is 1. The van der Waals surface area contributed by atoms with Gasteiger partial charge in [-0.05, 0) is 24.5 Å². The van der Waals surface area contributed by atoms with Gasteiger partial charge in [0, 0.05) is 12.2 Å². The van der Waals surface area contributed by atoms with Crippen molar-refractivity contribution in [2.24, 2.45) is 0 Å². The third-order valence-electron chi connectivity index (χ3n) is 3.98. The van der Waals surface area contributed by atoms with Crippen LogP contribution in [0.1, 0.15) is 42.7 Å². The highest BCUT2D eigenvalue weighted by molar-refractivity contribution is 5.77. The number of hydrogen-bond acceptors (Lipinski definition) is 3. The predicted molar refractivity (Wildman–Crippen MR) is 93.1 cm³/mol. The lowest BCUT2D eigenvalue weighted by Crippen LogP contribution is -2.13. The standard InChI is InChI=1S/C20H24O4/c21-14-8-2-5-12-18(20(22)23)17-11-6-7-13-19(17)24-15-16-9-3-1-4-10-16/h1,3-4,6-7,9-11,13,18,21H,2,5,8,12,14-15H2,(H,22,23). The number of rotatable bonds is 10. The molecule has 0 spiro atoms. The zero-order chi connectivity index (χ0) is 17.2. The molecule has 1 unspecified atom stereocenters. The molecule has 4 heteroatoms. The van der Waals surface area contributed by atoms with Crippen LogP contribution in [0, 0.1) is 0 Å². The van der Waals surface area contributed by atoms with Gasteiger partial charge in [0.15, 0.2) is 0 Å². The van der Waals surface area contributed by atoms with E-state index in [-0.39, 0.29) is 6.61 Å². The first-order chi connectivity index (χ1) is 11.7. The molecule has 2 aromatic carbocycles. The SMILES string of the molecule is O=C(O)C(CCCCCO)c1ccccc1OCc1ccccc1. The Balaban J connectivity index is 2.08. The molecular formula is C20H24O4. The first kappa shape index (κ1) is 18.0. The average molecular weight is 328 g/mol. The quantitative estimate of drug-likeness (QED) is 0.647. The van der Waals surface area contributed by atoms with E-state index in [2.05, 4.69) is 0 Å². The maximum Gasteiger partial charge on any atom is 0.311 e. The molecule has 0 amide bonds. The van der Waals surface area contributed by atoms with Gasteiger partial charge in [-0.1, -0.05) is 61.4 Å². The van der Waals surface area contributed by atoms with E-state index in [0.717, 1.165) is 18.4 Å². The summed E-state index contributed by atoms with van der Waals surface area (Å²) in [4.78, 5) is 11.7. The fourth-order valence-corrected chi connectivity index (χ4v) is 2.68. The van der Waals surface area contributed by atoms with E-state index in [1.54, 1.807) is 0 Å². The summed E-state index contributed by atoms with van der Waals surface area (Å²) in [5.74, 6) is -0.804. The van der Waals surface area contributed by atoms with Crippen LogP contribution in [0.5, 0.6) is 5.75 Å². The number of aliphatic hydroxyl groups is 1. The highest BCUT2D eigenvalue weighted by Crippen LogP contribution is 2.31. The molecule has 0 aliphatic heterocycles. The van der Waals surface area contributed by atoms with Crippen LogP contribution in [-0.2, 0) is 11.4 Å². The lowest BCUT2D eigenvalue weighted by Gasteiger charge is -2.17. The summed E-state index contributed by atoms with van der Waals surface area (Å²) >= 11 is 0. The third kappa shape index (κ3) is 5.39. The number of ether oxygens (including phenoxy) is 1. The van der Waals surface area contributed by atoms with Gasteiger partial charge in [-0.25, -0.2) is 0 Å². The van der Waals surface area contributed by atoms with E-state index < -0.39 is 11.9 Å². The molecule has 0 saturated heterocycles. The van der Waals surface area contributed by atoms with E-state index >= 15 is 0 Å². The summed E-state index contributed by atoms with van der Waals surface area (Å²) < 4.78 is 5.88. The normalized spacial score (nSPS) is 11.9. The predicted octanol–water partition coefficient (Wildman–Crippen LogP) is 3.99. The Morgan fingerprint density at radius 1 is 0.958 bits per heavy atom. The second-order valence-electron chi connectivity index (χ2n) is 5.78. The molecule has 0 saturated carbocycles. The highest BCUT2D eigenvalue weighted by Gasteiger charge is 2.22. The summed E-state index contributed by atoms with van der Waals surface area (Å²) in [6.45, 7) is 0.559. The zero-order valence-corrected chi connectivity index (χ0v) is 13.7. The summed E-state index contributed by atoms with van der Waals surface area (Å²) in [7, 11) is 0. The summed E-state index contributed by atoms with van der Waals surface area (Å²) in [5, 5.41) is 18.4. The van der Waals surface area contributed by atoms with Crippen molar-refractivity contribution in [1.82, 2.24) is 0 Å². The number of para-hydroxylation sites is 1. The van der Waals surface area contributed by atoms with Gasteiger partial charge in [-0.3, -0.25) is 4.79 Å². The number of carbonyl (C=O) groups is 1. The molecule has 2 rings (SSSR count). The van der Waals surface area contributed by atoms with Gasteiger partial charge in [-0.15, -0.1) is 0 Å². The summed E-state index contributed by atoms with van der Waals surface area (Å²) in [5.41, 5.74) is 1.76. The minimum Gasteiger partial charge on any atom is -0.489 e. The maximum atomic E-state index is 11.7. The lowest BCUT2D eigenvalue weighted by molar-refractivity contribution is -0.139. The fraction of sp³-hybridized carbons (Fsp3) is 0.350. The summed E-state index contributed by atoms with van der Waals surface area (Å²) in [6, 6.07) is 17.1. The van der Waals surface area contributed by atoms with Gasteiger partial charge < -0.3 is 14.9 Å². The van der Waals surface area contributed by atoms with E-state index in [0.29, 0.717) is 30.8 Å². The van der Waals surface area contributed by atoms with Gasteiger partial charge in [0.1, 0.15) is 12.4 Å². The van der Waals surface area contributed by atoms with E-state index in [9.17, 15) is 9.90 Å². The average Bonchev–Trinajstić information content (AvgIpc) is 2.61. The Hall–Kier alpha value is -2.33. The highest BCUT2D eigenvalue weighted by atomic mass is 16.5. The molecule has 0 radical (unpaired) electrons. The van der Waals surface area contributed by atoms with Crippen molar-refractivity contribution in [2.75, 3.05) is 6.61 Å². The second kappa shape index (κ2) is 9.73. The van der Waals surface area contributed by atoms with Crippen molar-refractivity contribution in [2.45, 2.75) is 38.2 Å². The molecule has 24 heavy (non-hydrogen) atoms. The minimum atomic E-state index is -0.838. The molecule has 0 heterocycles. The number of benzene rings is 2. The minimum absolute atomic E-state index is 0.147. The second-order valence-corrected chi connectivity index (χ2v) is 5.78. The topological polar surface area (TPSA) is 66.8 Å².